The molecule has 0 aromatic carbocycles. The summed E-state index contributed by atoms with van der Waals surface area (Å²) in [6, 6.07) is 0. The average molecular weight is 217 g/mol. The first kappa shape index (κ1) is 11.5. The molecule has 67 valence electrons. The van der Waals surface area contributed by atoms with E-state index >= 15 is 0 Å². The SMILES string of the molecule is C[CH2][Ge]([CH2]C)[CH2]CCN(C)C. The third kappa shape index (κ3) is 6.88. The van der Waals surface area contributed by atoms with Crippen molar-refractivity contribution in [3.8, 4) is 0 Å². The Morgan fingerprint density at radius 3 is 2.00 bits per heavy atom. The van der Waals surface area contributed by atoms with Crippen LogP contribution in [0.1, 0.15) is 20.3 Å². The first-order valence-corrected chi connectivity index (χ1v) is 9.14. The van der Waals surface area contributed by atoms with Crippen LogP contribution >= 0.6 is 0 Å². The van der Waals surface area contributed by atoms with Crippen LogP contribution in [0.2, 0.25) is 15.8 Å². The van der Waals surface area contributed by atoms with E-state index in [1.807, 2.05) is 0 Å². The van der Waals surface area contributed by atoms with Gasteiger partial charge in [0.25, 0.3) is 0 Å². The molecule has 2 heteroatoms. The van der Waals surface area contributed by atoms with Gasteiger partial charge in [-0.25, -0.2) is 0 Å². The van der Waals surface area contributed by atoms with Crippen LogP contribution in [0.4, 0.5) is 0 Å². The molecule has 0 aliphatic carbocycles. The van der Waals surface area contributed by atoms with E-state index < -0.39 is 14.3 Å². The second kappa shape index (κ2) is 7.17. The monoisotopic (exact) mass is 218 g/mol. The van der Waals surface area contributed by atoms with Gasteiger partial charge >= 0.3 is 75.9 Å². The number of nitrogens with zero attached hydrogens (tertiary/aromatic N) is 1. The molecule has 0 N–H and O–H groups in total. The Kier molecular flexibility index (Phi) is 7.50. The summed E-state index contributed by atoms with van der Waals surface area (Å²) < 4.78 is 0. The van der Waals surface area contributed by atoms with Crippen molar-refractivity contribution in [1.29, 1.82) is 0 Å². The maximum atomic E-state index is 2.37. The molecule has 0 atom stereocenters. The summed E-state index contributed by atoms with van der Waals surface area (Å²) in [5.41, 5.74) is 0. The van der Waals surface area contributed by atoms with E-state index in [2.05, 4.69) is 32.8 Å². The summed E-state index contributed by atoms with van der Waals surface area (Å²) in [5.74, 6) is 0. The number of rotatable bonds is 6. The van der Waals surface area contributed by atoms with Crippen molar-refractivity contribution < 1.29 is 0 Å². The minimum atomic E-state index is -0.527. The molecule has 0 saturated carbocycles. The Morgan fingerprint density at radius 2 is 1.64 bits per heavy atom. The molecule has 0 aliphatic rings. The van der Waals surface area contributed by atoms with E-state index in [4.69, 9.17) is 0 Å². The van der Waals surface area contributed by atoms with Crippen molar-refractivity contribution in [2.45, 2.75) is 36.0 Å². The van der Waals surface area contributed by atoms with Crippen LogP contribution in [-0.4, -0.2) is 39.9 Å². The molecule has 0 aromatic heterocycles. The minimum absolute atomic E-state index is 0.527. The van der Waals surface area contributed by atoms with Crippen LogP contribution in [0.15, 0.2) is 0 Å². The van der Waals surface area contributed by atoms with Gasteiger partial charge in [0.2, 0.25) is 0 Å². The third-order valence-electron chi connectivity index (χ3n) is 2.14. The van der Waals surface area contributed by atoms with Gasteiger partial charge in [-0.15, -0.1) is 0 Å². The molecule has 0 heterocycles. The summed E-state index contributed by atoms with van der Waals surface area (Å²) in [4.78, 5) is 2.29. The van der Waals surface area contributed by atoms with Gasteiger partial charge in [-0.1, -0.05) is 0 Å². The van der Waals surface area contributed by atoms with Crippen molar-refractivity contribution in [2.24, 2.45) is 0 Å². The van der Waals surface area contributed by atoms with Crippen molar-refractivity contribution >= 4 is 14.3 Å². The maximum absolute atomic E-state index is 2.37. The van der Waals surface area contributed by atoms with Gasteiger partial charge in [0, 0.05) is 0 Å². The van der Waals surface area contributed by atoms with E-state index in [0.717, 1.165) is 0 Å². The van der Waals surface area contributed by atoms with Gasteiger partial charge in [-0.2, -0.15) is 0 Å². The van der Waals surface area contributed by atoms with Gasteiger partial charge in [-0.05, 0) is 0 Å². The van der Waals surface area contributed by atoms with Crippen LogP contribution < -0.4 is 0 Å². The fourth-order valence-electron chi connectivity index (χ4n) is 1.25. The van der Waals surface area contributed by atoms with E-state index in [9.17, 15) is 0 Å². The molecule has 0 amide bonds. The van der Waals surface area contributed by atoms with Gasteiger partial charge in [0.15, 0.2) is 0 Å². The Morgan fingerprint density at radius 1 is 1.09 bits per heavy atom. The third-order valence-corrected chi connectivity index (χ3v) is 8.56. The molecule has 0 saturated heterocycles. The standard InChI is InChI=1S/C9H22GeN/c1-5-10(6-2)8-7-9-11(3)4/h5-9H2,1-4H3. The molecule has 0 rings (SSSR count). The van der Waals surface area contributed by atoms with Gasteiger partial charge in [-0.3, -0.25) is 0 Å². The molecule has 1 radical (unpaired) electrons. The Bertz CT molecular complexity index is 79.6. The molecule has 0 bridgehead atoms. The average Bonchev–Trinajstić information content (AvgIpc) is 1.98. The molecule has 0 unspecified atom stereocenters. The van der Waals surface area contributed by atoms with E-state index in [0.29, 0.717) is 0 Å². The molecule has 0 fully saturated rings. The molecule has 0 spiro atoms. The van der Waals surface area contributed by atoms with Crippen LogP contribution in [0.5, 0.6) is 0 Å². The Hall–Kier alpha value is 0.503. The van der Waals surface area contributed by atoms with E-state index in [1.165, 1.54) is 23.5 Å². The summed E-state index contributed by atoms with van der Waals surface area (Å²) in [5, 5.41) is 4.61. The fourth-order valence-corrected chi connectivity index (χ4v) is 5.16. The normalized spacial score (nSPS) is 11.5. The topological polar surface area (TPSA) is 3.24 Å². The molecule has 0 aliphatic heterocycles. The molecule has 11 heavy (non-hydrogen) atoms. The van der Waals surface area contributed by atoms with E-state index in [-0.39, 0.29) is 0 Å². The zero-order valence-corrected chi connectivity index (χ0v) is 10.6. The van der Waals surface area contributed by atoms with Crippen LogP contribution in [0.25, 0.3) is 0 Å². The van der Waals surface area contributed by atoms with E-state index in [1.54, 1.807) is 5.25 Å². The summed E-state index contributed by atoms with van der Waals surface area (Å²) >= 11 is -0.527. The second-order valence-corrected chi connectivity index (χ2v) is 10.5. The Labute approximate surface area is 76.3 Å². The molecular formula is C9H22GeN. The van der Waals surface area contributed by atoms with Gasteiger partial charge < -0.3 is 0 Å². The van der Waals surface area contributed by atoms with Crippen molar-refractivity contribution in [1.82, 2.24) is 4.90 Å². The Balaban J connectivity index is 3.21. The van der Waals surface area contributed by atoms with Crippen LogP contribution in [0.3, 0.4) is 0 Å². The molecule has 0 aromatic rings. The van der Waals surface area contributed by atoms with Crippen molar-refractivity contribution in [3.05, 3.63) is 0 Å². The van der Waals surface area contributed by atoms with Crippen molar-refractivity contribution in [2.75, 3.05) is 20.6 Å². The fraction of sp³-hybridized carbons (Fsp3) is 1.00. The first-order chi connectivity index (χ1) is 5.20. The van der Waals surface area contributed by atoms with Gasteiger partial charge in [0.05, 0.1) is 0 Å². The first-order valence-electron chi connectivity index (χ1n) is 4.69. The zero-order valence-electron chi connectivity index (χ0n) is 8.48. The molecular weight excluding hydrogens is 195 g/mol. The number of hydrogen-bond donors (Lipinski definition) is 0. The van der Waals surface area contributed by atoms with Gasteiger partial charge in [0.1, 0.15) is 0 Å². The summed E-state index contributed by atoms with van der Waals surface area (Å²) in [7, 11) is 4.33. The summed E-state index contributed by atoms with van der Waals surface area (Å²) in [6.07, 6.45) is 1.43. The number of hydrogen-bond acceptors (Lipinski definition) is 1. The predicted octanol–water partition coefficient (Wildman–Crippen LogP) is 2.47. The van der Waals surface area contributed by atoms with Crippen LogP contribution in [0, 0.1) is 0 Å². The molecule has 1 nitrogen and oxygen atoms in total. The predicted molar refractivity (Wildman–Crippen MR) is 54.7 cm³/mol. The summed E-state index contributed by atoms with van der Waals surface area (Å²) in [6.45, 7) is 6.03. The quantitative estimate of drug-likeness (QED) is 0.617. The van der Waals surface area contributed by atoms with Crippen molar-refractivity contribution in [3.63, 3.8) is 0 Å². The zero-order chi connectivity index (χ0) is 8.69. The second-order valence-electron chi connectivity index (χ2n) is 3.36. The van der Waals surface area contributed by atoms with Crippen LogP contribution in [-0.2, 0) is 0 Å².